The first kappa shape index (κ1) is 21.4. The normalized spacial score (nSPS) is 18.9. The zero-order valence-corrected chi connectivity index (χ0v) is 16.2. The van der Waals surface area contributed by atoms with Crippen molar-refractivity contribution in [2.24, 2.45) is 5.92 Å². The number of aliphatic hydroxyl groups excluding tert-OH is 1. The summed E-state index contributed by atoms with van der Waals surface area (Å²) >= 11 is 0. The first-order valence-corrected chi connectivity index (χ1v) is 8.99. The number of ether oxygens (including phenoxy) is 1. The molecule has 0 bridgehead atoms. The van der Waals surface area contributed by atoms with Crippen LogP contribution in [-0.2, 0) is 11.3 Å². The van der Waals surface area contributed by atoms with Crippen LogP contribution in [0.3, 0.4) is 0 Å². The van der Waals surface area contributed by atoms with Gasteiger partial charge in [-0.2, -0.15) is 0 Å². The Morgan fingerprint density at radius 2 is 1.85 bits per heavy atom. The van der Waals surface area contributed by atoms with Crippen molar-refractivity contribution in [3.63, 3.8) is 0 Å². The molecule has 4 rings (SSSR count). The molecule has 1 aromatic heterocycles. The zero-order chi connectivity index (χ0) is 17.1. The number of hydrogen-bond donors (Lipinski definition) is 2. The van der Waals surface area contributed by atoms with Crippen LogP contribution < -0.4 is 6.15 Å². The predicted molar refractivity (Wildman–Crippen MR) is 109 cm³/mol. The quantitative estimate of drug-likeness (QED) is 0.607. The van der Waals surface area contributed by atoms with Crippen LogP contribution in [0.4, 0.5) is 0 Å². The molecule has 3 aromatic rings. The number of rotatable bonds is 6. The Bertz CT molecular complexity index is 802. The Hall–Kier alpha value is -1.92. The largest absolute Gasteiger partial charge is 0.436 e. The Labute approximate surface area is 165 Å². The highest BCUT2D eigenvalue weighted by molar-refractivity contribution is 5.85. The summed E-state index contributed by atoms with van der Waals surface area (Å²) in [7, 11) is 0. The minimum Gasteiger partial charge on any atom is -0.436 e. The summed E-state index contributed by atoms with van der Waals surface area (Å²) in [5, 5.41) is 9.03. The molecule has 0 spiro atoms. The molecule has 1 aliphatic rings. The number of halogens is 1. The first-order chi connectivity index (χ1) is 12.3. The van der Waals surface area contributed by atoms with E-state index in [1.807, 2.05) is 36.4 Å². The third kappa shape index (κ3) is 5.08. The molecular weight excluding hydrogens is 364 g/mol. The molecule has 0 radical (unpaired) electrons. The highest BCUT2D eigenvalue weighted by Gasteiger charge is 2.24. The lowest BCUT2D eigenvalue weighted by Crippen LogP contribution is -2.09. The summed E-state index contributed by atoms with van der Waals surface area (Å²) in [4.78, 5) is 4.53. The number of hydrogen-bond acceptors (Lipinski definition) is 5. The van der Waals surface area contributed by atoms with Crippen LogP contribution in [0.15, 0.2) is 52.9 Å². The number of nitrogens with zero attached hydrogens (tertiary/aromatic N) is 1. The van der Waals surface area contributed by atoms with E-state index in [2.05, 4.69) is 17.1 Å². The van der Waals surface area contributed by atoms with E-state index < -0.39 is 0 Å². The second-order valence-electron chi connectivity index (χ2n) is 6.81. The number of aliphatic hydroxyl groups is 1. The van der Waals surface area contributed by atoms with Gasteiger partial charge in [0.1, 0.15) is 5.52 Å². The van der Waals surface area contributed by atoms with Gasteiger partial charge >= 0.3 is 0 Å². The number of fused-ring (bicyclic) bond motifs is 1. The fourth-order valence-corrected chi connectivity index (χ4v) is 3.58. The van der Waals surface area contributed by atoms with Crippen molar-refractivity contribution < 1.29 is 14.3 Å². The van der Waals surface area contributed by atoms with E-state index in [0.29, 0.717) is 24.5 Å². The summed E-state index contributed by atoms with van der Waals surface area (Å²) < 4.78 is 11.8. The third-order valence-corrected chi connectivity index (χ3v) is 5.01. The molecule has 5 nitrogen and oxygen atoms in total. The molecule has 4 N–H and O–H groups in total. The number of oxazole rings is 1. The smallest absolute Gasteiger partial charge is 0.227 e. The molecule has 0 amide bonds. The topological polar surface area (TPSA) is 90.5 Å². The molecule has 27 heavy (non-hydrogen) atoms. The minimum atomic E-state index is 0. The van der Waals surface area contributed by atoms with Gasteiger partial charge in [-0.25, -0.2) is 4.98 Å². The molecule has 1 saturated carbocycles. The van der Waals surface area contributed by atoms with Crippen LogP contribution in [0.2, 0.25) is 0 Å². The highest BCUT2D eigenvalue weighted by Crippen LogP contribution is 2.31. The molecule has 146 valence electrons. The van der Waals surface area contributed by atoms with E-state index in [-0.39, 0.29) is 25.2 Å². The van der Waals surface area contributed by atoms with Gasteiger partial charge in [-0.1, -0.05) is 24.3 Å². The standard InChI is InChI=1S/C21H23NO3.ClH.H3N/c23-12-11-15-7-10-18(13-15)24-14-16-5-8-17(9-6-16)21-22-19-3-1-2-4-20(19)25-21;;/h1-6,8-9,15,18,23H,7,10-14H2;1H;1H3/t15-,18-;;/m1../s1. The maximum atomic E-state index is 9.03. The van der Waals surface area contributed by atoms with Crippen molar-refractivity contribution in [3.05, 3.63) is 54.1 Å². The second-order valence-corrected chi connectivity index (χ2v) is 6.81. The Morgan fingerprint density at radius 3 is 2.59 bits per heavy atom. The van der Waals surface area contributed by atoms with Gasteiger partial charge in [-0.15, -0.1) is 12.4 Å². The molecular formula is C21H27ClN2O3. The fraction of sp³-hybridized carbons (Fsp3) is 0.381. The average Bonchev–Trinajstić information content (AvgIpc) is 3.27. The van der Waals surface area contributed by atoms with Crippen LogP contribution >= 0.6 is 12.4 Å². The summed E-state index contributed by atoms with van der Waals surface area (Å²) in [6.45, 7) is 0.916. The van der Waals surface area contributed by atoms with E-state index >= 15 is 0 Å². The summed E-state index contributed by atoms with van der Waals surface area (Å²) in [5.74, 6) is 1.27. The molecule has 1 fully saturated rings. The molecule has 1 heterocycles. The first-order valence-electron chi connectivity index (χ1n) is 8.99. The predicted octanol–water partition coefficient (Wildman–Crippen LogP) is 5.15. The second kappa shape index (κ2) is 9.85. The minimum absolute atomic E-state index is 0. The maximum Gasteiger partial charge on any atom is 0.227 e. The lowest BCUT2D eigenvalue weighted by molar-refractivity contribution is 0.0422. The van der Waals surface area contributed by atoms with Gasteiger partial charge in [-0.05, 0) is 61.4 Å². The van der Waals surface area contributed by atoms with Gasteiger partial charge in [-0.3, -0.25) is 0 Å². The maximum absolute atomic E-state index is 9.03. The van der Waals surface area contributed by atoms with Gasteiger partial charge < -0.3 is 20.4 Å². The Balaban J connectivity index is 0.00000131. The molecule has 6 heteroatoms. The van der Waals surface area contributed by atoms with Crippen LogP contribution in [-0.4, -0.2) is 22.8 Å². The van der Waals surface area contributed by atoms with Gasteiger partial charge in [0.15, 0.2) is 5.58 Å². The van der Waals surface area contributed by atoms with Crippen LogP contribution in [0.1, 0.15) is 31.2 Å². The summed E-state index contributed by atoms with van der Waals surface area (Å²) in [6, 6.07) is 16.0. The van der Waals surface area contributed by atoms with Crippen molar-refractivity contribution in [1.29, 1.82) is 0 Å². The molecule has 2 atom stereocenters. The summed E-state index contributed by atoms with van der Waals surface area (Å²) in [5.41, 5.74) is 3.82. The highest BCUT2D eigenvalue weighted by atomic mass is 35.5. The van der Waals surface area contributed by atoms with E-state index in [0.717, 1.165) is 41.5 Å². The van der Waals surface area contributed by atoms with Gasteiger partial charge in [0.25, 0.3) is 0 Å². The number of aromatic nitrogens is 1. The van der Waals surface area contributed by atoms with Crippen LogP contribution in [0.25, 0.3) is 22.6 Å². The fourth-order valence-electron chi connectivity index (χ4n) is 3.58. The lowest BCUT2D eigenvalue weighted by atomic mass is 10.1. The zero-order valence-electron chi connectivity index (χ0n) is 15.3. The van der Waals surface area contributed by atoms with Crippen LogP contribution in [0, 0.1) is 5.92 Å². The van der Waals surface area contributed by atoms with Crippen molar-refractivity contribution in [3.8, 4) is 11.5 Å². The van der Waals surface area contributed by atoms with Crippen LogP contribution in [0.5, 0.6) is 0 Å². The van der Waals surface area contributed by atoms with E-state index in [1.165, 1.54) is 6.42 Å². The lowest BCUT2D eigenvalue weighted by Gasteiger charge is -2.12. The van der Waals surface area contributed by atoms with Gasteiger partial charge in [0.2, 0.25) is 5.89 Å². The molecule has 2 aromatic carbocycles. The number of benzene rings is 2. The molecule has 0 unspecified atom stereocenters. The average molecular weight is 391 g/mol. The summed E-state index contributed by atoms with van der Waals surface area (Å²) in [6.07, 6.45) is 4.57. The van der Waals surface area contributed by atoms with E-state index in [1.54, 1.807) is 0 Å². The molecule has 0 saturated heterocycles. The monoisotopic (exact) mass is 390 g/mol. The molecule has 0 aliphatic heterocycles. The van der Waals surface area contributed by atoms with E-state index in [9.17, 15) is 0 Å². The Kier molecular flexibility index (Phi) is 7.80. The van der Waals surface area contributed by atoms with Crippen molar-refractivity contribution in [1.82, 2.24) is 11.1 Å². The van der Waals surface area contributed by atoms with Crippen molar-refractivity contribution in [2.45, 2.75) is 38.4 Å². The van der Waals surface area contributed by atoms with Gasteiger partial charge in [0, 0.05) is 12.2 Å². The van der Waals surface area contributed by atoms with Crippen molar-refractivity contribution in [2.75, 3.05) is 6.61 Å². The van der Waals surface area contributed by atoms with Crippen molar-refractivity contribution >= 4 is 23.5 Å². The number of para-hydroxylation sites is 2. The van der Waals surface area contributed by atoms with E-state index in [4.69, 9.17) is 14.3 Å². The van der Waals surface area contributed by atoms with Gasteiger partial charge in [0.05, 0.1) is 12.7 Å². The molecule has 1 aliphatic carbocycles. The third-order valence-electron chi connectivity index (χ3n) is 5.01. The SMILES string of the molecule is Cl.N.OCC[C@H]1CC[C@@H](OCc2ccc(-c3nc4ccccc4o3)cc2)C1. The Morgan fingerprint density at radius 1 is 1.07 bits per heavy atom.